The van der Waals surface area contributed by atoms with Gasteiger partial charge in [0, 0.05) is 24.6 Å². The topological polar surface area (TPSA) is 60.9 Å². The van der Waals surface area contributed by atoms with Gasteiger partial charge in [-0.05, 0) is 25.0 Å². The van der Waals surface area contributed by atoms with Gasteiger partial charge >= 0.3 is 0 Å². The molecule has 0 unspecified atom stereocenters. The van der Waals surface area contributed by atoms with Gasteiger partial charge in [0.15, 0.2) is 0 Å². The highest BCUT2D eigenvalue weighted by atomic mass is 16.3. The monoisotopic (exact) mass is 219 g/mol. The Kier molecular flexibility index (Phi) is 3.54. The van der Waals surface area contributed by atoms with Crippen molar-refractivity contribution in [1.29, 1.82) is 0 Å². The summed E-state index contributed by atoms with van der Waals surface area (Å²) in [5.74, 6) is 0. The fourth-order valence-electron chi connectivity index (χ4n) is 1.68. The molecule has 0 aliphatic rings. The molecule has 2 aromatic rings. The molecular weight excluding hydrogens is 202 g/mol. The first-order chi connectivity index (χ1) is 7.79. The lowest BCUT2D eigenvalue weighted by atomic mass is 10.1. The van der Waals surface area contributed by atoms with Crippen LogP contribution < -0.4 is 5.32 Å². The van der Waals surface area contributed by atoms with Crippen LogP contribution in [-0.4, -0.2) is 28.0 Å². The highest BCUT2D eigenvalue weighted by molar-refractivity contribution is 5.78. The maximum absolute atomic E-state index is 8.79. The van der Waals surface area contributed by atoms with Crippen LogP contribution in [-0.2, 0) is 6.54 Å². The summed E-state index contributed by atoms with van der Waals surface area (Å²) in [5.41, 5.74) is 2.29. The first kappa shape index (κ1) is 11.1. The Hall–Kier alpha value is -1.39. The van der Waals surface area contributed by atoms with Gasteiger partial charge in [-0.1, -0.05) is 12.1 Å². The van der Waals surface area contributed by atoms with Crippen molar-refractivity contribution >= 4 is 10.9 Å². The number of nitrogens with one attached hydrogen (secondary N) is 2. The predicted octanol–water partition coefficient (Wildman–Crippen LogP) is 1.42. The van der Waals surface area contributed by atoms with Crippen molar-refractivity contribution in [1.82, 2.24) is 15.5 Å². The Labute approximate surface area is 94.7 Å². The average molecular weight is 219 g/mol. The Bertz CT molecular complexity index is 452. The maximum Gasteiger partial charge on any atom is 0.0653 e. The molecule has 0 spiro atoms. The lowest BCUT2D eigenvalue weighted by molar-refractivity contribution is 0.268. The van der Waals surface area contributed by atoms with Crippen LogP contribution in [0.3, 0.4) is 0 Å². The smallest absolute Gasteiger partial charge is 0.0653 e. The van der Waals surface area contributed by atoms with Crippen LogP contribution in [0, 0.1) is 0 Å². The van der Waals surface area contributed by atoms with E-state index in [1.807, 2.05) is 6.20 Å². The average Bonchev–Trinajstić information content (AvgIpc) is 2.74. The first-order valence-corrected chi connectivity index (χ1v) is 5.56. The van der Waals surface area contributed by atoms with Crippen molar-refractivity contribution in [3.05, 3.63) is 30.0 Å². The third-order valence-corrected chi connectivity index (χ3v) is 2.72. The van der Waals surface area contributed by atoms with Crippen molar-refractivity contribution in [2.75, 3.05) is 6.61 Å². The SMILES string of the molecule is C[C@H](CCO)NCc1ccc2cn[nH]c2c1. The second kappa shape index (κ2) is 5.09. The van der Waals surface area contributed by atoms with Gasteiger partial charge in [-0.3, -0.25) is 5.10 Å². The van der Waals surface area contributed by atoms with E-state index in [9.17, 15) is 0 Å². The molecule has 0 saturated heterocycles. The van der Waals surface area contributed by atoms with E-state index in [1.165, 1.54) is 5.56 Å². The van der Waals surface area contributed by atoms with Crippen molar-refractivity contribution in [3.63, 3.8) is 0 Å². The predicted molar refractivity (Wildman–Crippen MR) is 64.1 cm³/mol. The van der Waals surface area contributed by atoms with Crippen molar-refractivity contribution in [2.45, 2.75) is 25.9 Å². The number of fused-ring (bicyclic) bond motifs is 1. The zero-order chi connectivity index (χ0) is 11.4. The number of H-pyrrole nitrogens is 1. The maximum atomic E-state index is 8.79. The Morgan fingerprint density at radius 2 is 2.38 bits per heavy atom. The zero-order valence-corrected chi connectivity index (χ0v) is 9.40. The molecule has 0 saturated carbocycles. The summed E-state index contributed by atoms with van der Waals surface area (Å²) in [7, 11) is 0. The standard InChI is InChI=1S/C12H17N3O/c1-9(4-5-16)13-7-10-2-3-11-8-14-15-12(11)6-10/h2-3,6,8-9,13,16H,4-5,7H2,1H3,(H,14,15)/t9-/m1/s1. The van der Waals surface area contributed by atoms with E-state index < -0.39 is 0 Å². The van der Waals surface area contributed by atoms with E-state index in [0.29, 0.717) is 6.04 Å². The number of aromatic nitrogens is 2. The quantitative estimate of drug-likeness (QED) is 0.712. The summed E-state index contributed by atoms with van der Waals surface area (Å²) in [4.78, 5) is 0. The van der Waals surface area contributed by atoms with Gasteiger partial charge in [0.05, 0.1) is 11.7 Å². The van der Waals surface area contributed by atoms with Crippen LogP contribution in [0.1, 0.15) is 18.9 Å². The molecule has 1 aromatic carbocycles. The molecule has 1 atom stereocenters. The minimum atomic E-state index is 0.230. The van der Waals surface area contributed by atoms with Gasteiger partial charge in [0.2, 0.25) is 0 Å². The van der Waals surface area contributed by atoms with Crippen LogP contribution in [0.4, 0.5) is 0 Å². The Morgan fingerprint density at radius 1 is 1.50 bits per heavy atom. The van der Waals surface area contributed by atoms with E-state index in [-0.39, 0.29) is 6.61 Å². The van der Waals surface area contributed by atoms with Crippen LogP contribution >= 0.6 is 0 Å². The molecular formula is C12H17N3O. The summed E-state index contributed by atoms with van der Waals surface area (Å²) in [5, 5.41) is 20.2. The van der Waals surface area contributed by atoms with Crippen LogP contribution in [0.2, 0.25) is 0 Å². The third kappa shape index (κ3) is 2.59. The van der Waals surface area contributed by atoms with E-state index >= 15 is 0 Å². The number of aliphatic hydroxyl groups excluding tert-OH is 1. The molecule has 0 aliphatic carbocycles. The molecule has 0 aliphatic heterocycles. The fourth-order valence-corrected chi connectivity index (χ4v) is 1.68. The lowest BCUT2D eigenvalue weighted by Crippen LogP contribution is -2.26. The fraction of sp³-hybridized carbons (Fsp3) is 0.417. The Balaban J connectivity index is 1.98. The summed E-state index contributed by atoms with van der Waals surface area (Å²) >= 11 is 0. The normalized spacial score (nSPS) is 13.1. The zero-order valence-electron chi connectivity index (χ0n) is 9.40. The van der Waals surface area contributed by atoms with Crippen LogP contribution in [0.25, 0.3) is 10.9 Å². The van der Waals surface area contributed by atoms with Gasteiger partial charge in [-0.15, -0.1) is 0 Å². The first-order valence-electron chi connectivity index (χ1n) is 5.56. The number of nitrogens with zero attached hydrogens (tertiary/aromatic N) is 1. The molecule has 0 fully saturated rings. The molecule has 0 amide bonds. The second-order valence-corrected chi connectivity index (χ2v) is 4.09. The van der Waals surface area contributed by atoms with Gasteiger partial charge in [0.25, 0.3) is 0 Å². The lowest BCUT2D eigenvalue weighted by Gasteiger charge is -2.12. The molecule has 0 bridgehead atoms. The molecule has 1 heterocycles. The number of rotatable bonds is 5. The number of aromatic amines is 1. The summed E-state index contributed by atoms with van der Waals surface area (Å²) in [6, 6.07) is 6.59. The van der Waals surface area contributed by atoms with E-state index in [1.54, 1.807) is 0 Å². The molecule has 2 rings (SSSR count). The van der Waals surface area contributed by atoms with E-state index in [4.69, 9.17) is 5.11 Å². The number of hydrogen-bond donors (Lipinski definition) is 3. The molecule has 4 nitrogen and oxygen atoms in total. The molecule has 0 radical (unpaired) electrons. The summed E-state index contributed by atoms with van der Waals surface area (Å²) < 4.78 is 0. The summed E-state index contributed by atoms with van der Waals surface area (Å²) in [6.07, 6.45) is 2.60. The van der Waals surface area contributed by atoms with Crippen molar-refractivity contribution < 1.29 is 5.11 Å². The van der Waals surface area contributed by atoms with Crippen LogP contribution in [0.15, 0.2) is 24.4 Å². The van der Waals surface area contributed by atoms with Crippen molar-refractivity contribution in [2.24, 2.45) is 0 Å². The molecule has 86 valence electrons. The second-order valence-electron chi connectivity index (χ2n) is 4.09. The van der Waals surface area contributed by atoms with Crippen LogP contribution in [0.5, 0.6) is 0 Å². The minimum absolute atomic E-state index is 0.230. The van der Waals surface area contributed by atoms with Gasteiger partial charge in [-0.25, -0.2) is 0 Å². The highest BCUT2D eigenvalue weighted by Crippen LogP contribution is 2.12. The number of benzene rings is 1. The molecule has 1 aromatic heterocycles. The number of aliphatic hydroxyl groups is 1. The number of hydrogen-bond acceptors (Lipinski definition) is 3. The third-order valence-electron chi connectivity index (χ3n) is 2.72. The van der Waals surface area contributed by atoms with Gasteiger partial charge in [-0.2, -0.15) is 5.10 Å². The molecule has 4 heteroatoms. The summed E-state index contributed by atoms with van der Waals surface area (Å²) in [6.45, 7) is 3.12. The largest absolute Gasteiger partial charge is 0.396 e. The minimum Gasteiger partial charge on any atom is -0.396 e. The Morgan fingerprint density at radius 3 is 3.19 bits per heavy atom. The highest BCUT2D eigenvalue weighted by Gasteiger charge is 2.01. The van der Waals surface area contributed by atoms with Gasteiger partial charge < -0.3 is 10.4 Å². The van der Waals surface area contributed by atoms with Gasteiger partial charge in [0.1, 0.15) is 0 Å². The van der Waals surface area contributed by atoms with Crippen molar-refractivity contribution in [3.8, 4) is 0 Å². The van der Waals surface area contributed by atoms with E-state index in [0.717, 1.165) is 23.9 Å². The molecule has 16 heavy (non-hydrogen) atoms. The molecule has 3 N–H and O–H groups in total. The van der Waals surface area contributed by atoms with E-state index in [2.05, 4.69) is 40.6 Å².